The lowest BCUT2D eigenvalue weighted by Crippen LogP contribution is -2.35. The van der Waals surface area contributed by atoms with E-state index in [1.807, 2.05) is 12.1 Å². The van der Waals surface area contributed by atoms with Gasteiger partial charge in [0.1, 0.15) is 4.83 Å². The van der Waals surface area contributed by atoms with Gasteiger partial charge in [0.15, 0.2) is 0 Å². The number of benzene rings is 1. The molecule has 1 fully saturated rings. The van der Waals surface area contributed by atoms with Crippen molar-refractivity contribution in [2.45, 2.75) is 71.8 Å². The summed E-state index contributed by atoms with van der Waals surface area (Å²) in [7, 11) is 0. The van der Waals surface area contributed by atoms with Crippen LogP contribution in [0.2, 0.25) is 0 Å². The number of nitrogens with one attached hydrogen (secondary N) is 1. The summed E-state index contributed by atoms with van der Waals surface area (Å²) in [5.41, 5.74) is 6.20. The molecule has 1 aromatic carbocycles. The second kappa shape index (κ2) is 11.5. The van der Waals surface area contributed by atoms with Crippen LogP contribution in [0.4, 0.5) is 0 Å². The molecule has 2 aliphatic rings. The van der Waals surface area contributed by atoms with E-state index in [1.165, 1.54) is 48.3 Å². The number of fused-ring (bicyclic) bond motifs is 2. The van der Waals surface area contributed by atoms with Gasteiger partial charge in [0.05, 0.1) is 23.4 Å². The molecule has 0 bridgehead atoms. The number of rotatable bonds is 7. The molecule has 40 heavy (non-hydrogen) atoms. The number of hydrogen-bond donors (Lipinski definition) is 1. The van der Waals surface area contributed by atoms with Crippen molar-refractivity contribution >= 4 is 27.5 Å². The summed E-state index contributed by atoms with van der Waals surface area (Å²) in [5.74, 6) is 0.664. The Kier molecular flexibility index (Phi) is 7.82. The second-order valence-electron chi connectivity index (χ2n) is 12.8. The highest BCUT2D eigenvalue weighted by Crippen LogP contribution is 2.38. The first-order valence-corrected chi connectivity index (χ1v) is 15.7. The molecular weight excluding hydrogens is 514 g/mol. The number of carbonyl (C=O) groups is 1. The minimum atomic E-state index is -0.0493. The molecule has 2 atom stereocenters. The number of amides is 1. The van der Waals surface area contributed by atoms with Crippen LogP contribution in [0.1, 0.15) is 85.4 Å². The van der Waals surface area contributed by atoms with Crippen molar-refractivity contribution < 1.29 is 9.21 Å². The van der Waals surface area contributed by atoms with Gasteiger partial charge in [0, 0.05) is 23.2 Å². The number of pyridine rings is 1. The average molecular weight is 556 g/mol. The molecule has 5 nitrogen and oxygen atoms in total. The molecule has 210 valence electrons. The summed E-state index contributed by atoms with van der Waals surface area (Å²) >= 11 is 1.52. The maximum Gasteiger partial charge on any atom is 0.261 e. The van der Waals surface area contributed by atoms with Crippen LogP contribution in [0.25, 0.3) is 21.3 Å². The van der Waals surface area contributed by atoms with Gasteiger partial charge in [0.25, 0.3) is 5.91 Å². The number of aromatic nitrogens is 1. The van der Waals surface area contributed by atoms with E-state index in [-0.39, 0.29) is 11.9 Å². The molecule has 1 aliphatic heterocycles. The summed E-state index contributed by atoms with van der Waals surface area (Å²) in [6, 6.07) is 14.8. The van der Waals surface area contributed by atoms with Crippen LogP contribution in [-0.4, -0.2) is 35.4 Å². The van der Waals surface area contributed by atoms with E-state index in [9.17, 15) is 4.79 Å². The predicted octanol–water partition coefficient (Wildman–Crippen LogP) is 8.05. The molecule has 4 aromatic rings. The normalized spacial score (nSPS) is 18.9. The molecule has 1 N–H and O–H groups in total. The van der Waals surface area contributed by atoms with Crippen molar-refractivity contribution in [2.24, 2.45) is 11.3 Å². The van der Waals surface area contributed by atoms with E-state index < -0.39 is 0 Å². The number of hydrogen-bond acceptors (Lipinski definition) is 5. The van der Waals surface area contributed by atoms with Crippen LogP contribution >= 0.6 is 11.3 Å². The van der Waals surface area contributed by atoms with Crippen molar-refractivity contribution in [3.05, 3.63) is 76.7 Å². The van der Waals surface area contributed by atoms with Crippen LogP contribution < -0.4 is 5.32 Å². The van der Waals surface area contributed by atoms with E-state index in [4.69, 9.17) is 9.40 Å². The van der Waals surface area contributed by atoms with Crippen molar-refractivity contribution in [3.63, 3.8) is 0 Å². The summed E-state index contributed by atoms with van der Waals surface area (Å²) in [5, 5.41) is 4.49. The van der Waals surface area contributed by atoms with Gasteiger partial charge in [0.2, 0.25) is 0 Å². The van der Waals surface area contributed by atoms with Gasteiger partial charge in [-0.3, -0.25) is 4.79 Å². The number of nitrogens with zero attached hydrogens (tertiary/aromatic N) is 2. The van der Waals surface area contributed by atoms with Crippen LogP contribution in [0.3, 0.4) is 0 Å². The lowest BCUT2D eigenvalue weighted by molar-refractivity contribution is 0.0934. The van der Waals surface area contributed by atoms with Crippen molar-refractivity contribution in [3.8, 4) is 11.1 Å². The molecule has 1 unspecified atom stereocenters. The van der Waals surface area contributed by atoms with Crippen LogP contribution in [0, 0.1) is 11.3 Å². The minimum absolute atomic E-state index is 0.00362. The number of carbonyl (C=O) groups excluding carboxylic acids is 1. The fourth-order valence-electron chi connectivity index (χ4n) is 6.36. The maximum atomic E-state index is 13.7. The second-order valence-corrected chi connectivity index (χ2v) is 13.8. The highest BCUT2D eigenvalue weighted by atomic mass is 32.1. The molecule has 0 spiro atoms. The Balaban J connectivity index is 1.21. The van der Waals surface area contributed by atoms with E-state index >= 15 is 0 Å². The van der Waals surface area contributed by atoms with Gasteiger partial charge in [-0.1, -0.05) is 51.5 Å². The average Bonchev–Trinajstić information content (AvgIpc) is 3.64. The van der Waals surface area contributed by atoms with Gasteiger partial charge in [-0.05, 0) is 97.8 Å². The first kappa shape index (κ1) is 27.2. The Morgan fingerprint density at radius 3 is 2.62 bits per heavy atom. The number of likely N-dealkylation sites (tertiary alicyclic amines) is 1. The number of thiophene rings is 1. The zero-order valence-electron chi connectivity index (χ0n) is 24.0. The Morgan fingerprint density at radius 1 is 1.10 bits per heavy atom. The van der Waals surface area contributed by atoms with E-state index in [1.54, 1.807) is 12.5 Å². The fourth-order valence-corrected chi connectivity index (χ4v) is 7.29. The summed E-state index contributed by atoms with van der Waals surface area (Å²) in [6.07, 6.45) is 11.5. The highest BCUT2D eigenvalue weighted by Gasteiger charge is 2.30. The molecular formula is C34H41N3O2S. The first-order valence-electron chi connectivity index (χ1n) is 14.9. The molecule has 0 radical (unpaired) electrons. The van der Waals surface area contributed by atoms with Crippen LogP contribution in [-0.2, 0) is 12.8 Å². The Labute approximate surface area is 242 Å². The largest absolute Gasteiger partial charge is 0.472 e. The van der Waals surface area contributed by atoms with Crippen molar-refractivity contribution in [1.29, 1.82) is 0 Å². The first-order chi connectivity index (χ1) is 19.3. The van der Waals surface area contributed by atoms with Gasteiger partial charge < -0.3 is 14.6 Å². The van der Waals surface area contributed by atoms with Crippen molar-refractivity contribution in [2.75, 3.05) is 19.6 Å². The van der Waals surface area contributed by atoms with Crippen LogP contribution in [0.5, 0.6) is 0 Å². The third kappa shape index (κ3) is 6.03. The molecule has 1 aliphatic carbocycles. The predicted molar refractivity (Wildman–Crippen MR) is 164 cm³/mol. The SMILES string of the molecule is CC(C)(C)[C@H]1CCc2nc3sc(C(=O)NC(CCN4CCCCC4)c4ccc(-c5ccoc5)cc4)cc3cc2C1. The van der Waals surface area contributed by atoms with Gasteiger partial charge in [-0.2, -0.15) is 0 Å². The smallest absolute Gasteiger partial charge is 0.261 e. The molecule has 6 heteroatoms. The fraction of sp³-hybridized carbons (Fsp3) is 0.471. The quantitative estimate of drug-likeness (QED) is 0.251. The molecule has 1 saturated heterocycles. The van der Waals surface area contributed by atoms with E-state index in [0.717, 1.165) is 70.7 Å². The zero-order chi connectivity index (χ0) is 27.7. The summed E-state index contributed by atoms with van der Waals surface area (Å²) in [4.78, 5) is 22.9. The van der Waals surface area contributed by atoms with Crippen molar-refractivity contribution in [1.82, 2.24) is 15.2 Å². The monoisotopic (exact) mass is 555 g/mol. The number of furan rings is 1. The van der Waals surface area contributed by atoms with Gasteiger partial charge in [-0.15, -0.1) is 11.3 Å². The van der Waals surface area contributed by atoms with Gasteiger partial charge in [-0.25, -0.2) is 4.98 Å². The summed E-state index contributed by atoms with van der Waals surface area (Å²) in [6.45, 7) is 10.3. The zero-order valence-corrected chi connectivity index (χ0v) is 24.9. The third-order valence-corrected chi connectivity index (χ3v) is 10.0. The van der Waals surface area contributed by atoms with Crippen LogP contribution in [0.15, 0.2) is 59.4 Å². The third-order valence-electron chi connectivity index (χ3n) is 8.98. The standard InChI is InChI=1S/C34H41N3O2S/c1-34(2,3)28-11-12-29-26(20-28)19-27-21-31(40-33(27)36-29)32(38)35-30(13-17-37-15-5-4-6-16-37)24-9-7-23(8-10-24)25-14-18-39-22-25/h7-10,14,18-19,21-22,28,30H,4-6,11-13,15-17,20H2,1-3H3,(H,35,38)/t28-,30?/m0/s1. The lowest BCUT2D eigenvalue weighted by atomic mass is 9.71. The molecule has 4 heterocycles. The Bertz CT molecular complexity index is 1440. The maximum absolute atomic E-state index is 13.7. The number of aryl methyl sites for hydroxylation is 1. The molecule has 6 rings (SSSR count). The van der Waals surface area contributed by atoms with E-state index in [0.29, 0.717) is 11.3 Å². The minimum Gasteiger partial charge on any atom is -0.472 e. The molecule has 0 saturated carbocycles. The Hall–Kier alpha value is -2.96. The topological polar surface area (TPSA) is 58.4 Å². The number of piperidine rings is 1. The Morgan fingerprint density at radius 2 is 1.90 bits per heavy atom. The molecule has 3 aromatic heterocycles. The van der Waals surface area contributed by atoms with E-state index in [2.05, 4.69) is 61.3 Å². The van der Waals surface area contributed by atoms with Gasteiger partial charge >= 0.3 is 0 Å². The lowest BCUT2D eigenvalue weighted by Gasteiger charge is -2.34. The molecule has 1 amide bonds. The summed E-state index contributed by atoms with van der Waals surface area (Å²) < 4.78 is 5.26. The highest BCUT2D eigenvalue weighted by molar-refractivity contribution is 7.20.